The highest BCUT2D eigenvalue weighted by atomic mass is 32.2. The first-order chi connectivity index (χ1) is 8.13. The van der Waals surface area contributed by atoms with E-state index in [1.807, 2.05) is 11.8 Å². The van der Waals surface area contributed by atoms with E-state index < -0.39 is 5.97 Å². The second-order valence-corrected chi connectivity index (χ2v) is 5.71. The van der Waals surface area contributed by atoms with Gasteiger partial charge < -0.3 is 10.4 Å². The van der Waals surface area contributed by atoms with Crippen molar-refractivity contribution >= 4 is 23.6 Å². The molecule has 98 valence electrons. The van der Waals surface area contributed by atoms with Gasteiger partial charge in [0.05, 0.1) is 5.92 Å². The van der Waals surface area contributed by atoms with Crippen molar-refractivity contribution in [1.82, 2.24) is 5.32 Å². The van der Waals surface area contributed by atoms with Gasteiger partial charge in [-0.2, -0.15) is 11.8 Å². The Bertz CT molecular complexity index is 264. The lowest BCUT2D eigenvalue weighted by molar-refractivity contribution is -0.146. The average Bonchev–Trinajstić information content (AvgIpc) is 2.22. The maximum Gasteiger partial charge on any atom is 0.306 e. The summed E-state index contributed by atoms with van der Waals surface area (Å²) in [6.45, 7) is 2.16. The van der Waals surface area contributed by atoms with Crippen LogP contribution in [0.5, 0.6) is 0 Å². The molecule has 0 bridgehead atoms. The average molecular weight is 259 g/mol. The number of unbranched alkanes of at least 4 members (excludes halogenated alkanes) is 1. The van der Waals surface area contributed by atoms with E-state index in [1.165, 1.54) is 12.8 Å². The highest BCUT2D eigenvalue weighted by molar-refractivity contribution is 7.99. The van der Waals surface area contributed by atoms with Crippen LogP contribution in [0.15, 0.2) is 0 Å². The molecule has 5 heteroatoms. The van der Waals surface area contributed by atoms with E-state index in [0.717, 1.165) is 11.5 Å². The summed E-state index contributed by atoms with van der Waals surface area (Å²) in [5.41, 5.74) is 0. The zero-order valence-electron chi connectivity index (χ0n) is 10.3. The Morgan fingerprint density at radius 3 is 2.65 bits per heavy atom. The van der Waals surface area contributed by atoms with Gasteiger partial charge in [0, 0.05) is 18.2 Å². The van der Waals surface area contributed by atoms with Gasteiger partial charge in [0.25, 0.3) is 0 Å². The molecule has 1 aliphatic carbocycles. The Labute approximate surface area is 107 Å². The fraction of sp³-hybridized carbons (Fsp3) is 0.833. The SMILES string of the molecule is CCCCSCCC(=O)NC1CC(C(=O)O)C1. The van der Waals surface area contributed by atoms with Gasteiger partial charge in [-0.15, -0.1) is 0 Å². The van der Waals surface area contributed by atoms with Crippen molar-refractivity contribution in [3.05, 3.63) is 0 Å². The largest absolute Gasteiger partial charge is 0.481 e. The summed E-state index contributed by atoms with van der Waals surface area (Å²) >= 11 is 1.81. The van der Waals surface area contributed by atoms with Crippen LogP contribution in [0.4, 0.5) is 0 Å². The van der Waals surface area contributed by atoms with E-state index in [0.29, 0.717) is 19.3 Å². The van der Waals surface area contributed by atoms with E-state index in [1.54, 1.807) is 0 Å². The lowest BCUT2D eigenvalue weighted by Crippen LogP contribution is -2.46. The molecular formula is C12H21NO3S. The van der Waals surface area contributed by atoms with Crippen LogP contribution >= 0.6 is 11.8 Å². The van der Waals surface area contributed by atoms with Gasteiger partial charge >= 0.3 is 5.97 Å². The van der Waals surface area contributed by atoms with Crippen LogP contribution in [0.2, 0.25) is 0 Å². The monoisotopic (exact) mass is 259 g/mol. The molecule has 1 fully saturated rings. The maximum absolute atomic E-state index is 11.5. The summed E-state index contributed by atoms with van der Waals surface area (Å²) in [7, 11) is 0. The predicted molar refractivity (Wildman–Crippen MR) is 69.1 cm³/mol. The van der Waals surface area contributed by atoms with Crippen LogP contribution in [-0.4, -0.2) is 34.5 Å². The normalized spacial score (nSPS) is 22.9. The van der Waals surface area contributed by atoms with Crippen molar-refractivity contribution in [3.8, 4) is 0 Å². The third-order valence-corrected chi connectivity index (χ3v) is 4.04. The molecule has 0 atom stereocenters. The molecule has 0 unspecified atom stereocenters. The van der Waals surface area contributed by atoms with Gasteiger partial charge in [-0.25, -0.2) is 0 Å². The molecule has 4 nitrogen and oxygen atoms in total. The summed E-state index contributed by atoms with van der Waals surface area (Å²) in [6.07, 6.45) is 4.11. The van der Waals surface area contributed by atoms with E-state index >= 15 is 0 Å². The van der Waals surface area contributed by atoms with Gasteiger partial charge in [0.15, 0.2) is 0 Å². The van der Waals surface area contributed by atoms with Gasteiger partial charge in [-0.05, 0) is 25.0 Å². The lowest BCUT2D eigenvalue weighted by Gasteiger charge is -2.32. The second kappa shape index (κ2) is 7.58. The van der Waals surface area contributed by atoms with Gasteiger partial charge in [-0.3, -0.25) is 9.59 Å². The third kappa shape index (κ3) is 5.44. The molecule has 1 amide bonds. The van der Waals surface area contributed by atoms with Crippen molar-refractivity contribution in [2.45, 2.75) is 45.1 Å². The number of carboxylic acids is 1. The molecule has 0 spiro atoms. The van der Waals surface area contributed by atoms with Crippen LogP contribution in [0.3, 0.4) is 0 Å². The summed E-state index contributed by atoms with van der Waals surface area (Å²) in [5.74, 6) is 1.04. The number of thioether (sulfide) groups is 1. The first kappa shape index (κ1) is 14.4. The first-order valence-electron chi connectivity index (χ1n) is 6.23. The topological polar surface area (TPSA) is 66.4 Å². The number of carboxylic acid groups (broad SMARTS) is 1. The molecule has 0 aromatic carbocycles. The predicted octanol–water partition coefficient (Wildman–Crippen LogP) is 1.89. The minimum atomic E-state index is -0.745. The van der Waals surface area contributed by atoms with Crippen molar-refractivity contribution in [1.29, 1.82) is 0 Å². The molecule has 0 radical (unpaired) electrons. The third-order valence-electron chi connectivity index (χ3n) is 2.97. The summed E-state index contributed by atoms with van der Waals surface area (Å²) in [6, 6.07) is 0.0873. The minimum Gasteiger partial charge on any atom is -0.481 e. The van der Waals surface area contributed by atoms with Crippen LogP contribution < -0.4 is 5.32 Å². The molecule has 17 heavy (non-hydrogen) atoms. The second-order valence-electron chi connectivity index (χ2n) is 4.49. The first-order valence-corrected chi connectivity index (χ1v) is 7.38. The molecule has 1 rings (SSSR count). The number of carbonyl (C=O) groups is 2. The van der Waals surface area contributed by atoms with Crippen LogP contribution in [0.1, 0.15) is 39.0 Å². The Balaban J connectivity index is 1.97. The number of hydrogen-bond donors (Lipinski definition) is 2. The number of aliphatic carboxylic acids is 1. The molecule has 2 N–H and O–H groups in total. The highest BCUT2D eigenvalue weighted by Crippen LogP contribution is 2.27. The molecule has 0 aromatic rings. The summed E-state index contributed by atoms with van der Waals surface area (Å²) < 4.78 is 0. The van der Waals surface area contributed by atoms with Crippen LogP contribution in [-0.2, 0) is 9.59 Å². The van der Waals surface area contributed by atoms with Crippen molar-refractivity contribution in [2.75, 3.05) is 11.5 Å². The zero-order chi connectivity index (χ0) is 12.7. The number of carbonyl (C=O) groups excluding carboxylic acids is 1. The van der Waals surface area contributed by atoms with Crippen molar-refractivity contribution in [2.24, 2.45) is 5.92 Å². The Hall–Kier alpha value is -0.710. The number of nitrogens with one attached hydrogen (secondary N) is 1. The minimum absolute atomic E-state index is 0.0582. The molecule has 0 saturated heterocycles. The smallest absolute Gasteiger partial charge is 0.306 e. The molecule has 1 aliphatic rings. The molecule has 1 saturated carbocycles. The van der Waals surface area contributed by atoms with Gasteiger partial charge in [-0.1, -0.05) is 13.3 Å². The number of hydrogen-bond acceptors (Lipinski definition) is 3. The van der Waals surface area contributed by atoms with Crippen LogP contribution in [0.25, 0.3) is 0 Å². The lowest BCUT2D eigenvalue weighted by atomic mass is 9.80. The van der Waals surface area contributed by atoms with Gasteiger partial charge in [0.1, 0.15) is 0 Å². The maximum atomic E-state index is 11.5. The highest BCUT2D eigenvalue weighted by Gasteiger charge is 2.34. The Morgan fingerprint density at radius 2 is 2.06 bits per heavy atom. The van der Waals surface area contributed by atoms with E-state index in [9.17, 15) is 9.59 Å². The van der Waals surface area contributed by atoms with Crippen molar-refractivity contribution in [3.63, 3.8) is 0 Å². The quantitative estimate of drug-likeness (QED) is 0.653. The fourth-order valence-corrected chi connectivity index (χ4v) is 2.78. The van der Waals surface area contributed by atoms with Gasteiger partial charge in [0.2, 0.25) is 5.91 Å². The van der Waals surface area contributed by atoms with E-state index in [-0.39, 0.29) is 17.9 Å². The standard InChI is InChI=1S/C12H21NO3S/c1-2-3-5-17-6-4-11(14)13-10-7-9(8-10)12(15)16/h9-10H,2-8H2,1H3,(H,13,14)(H,15,16). The fourth-order valence-electron chi connectivity index (χ4n) is 1.75. The molecule has 0 heterocycles. The van der Waals surface area contributed by atoms with Crippen molar-refractivity contribution < 1.29 is 14.7 Å². The molecule has 0 aliphatic heterocycles. The Kier molecular flexibility index (Phi) is 6.40. The number of amides is 1. The summed E-state index contributed by atoms with van der Waals surface area (Å²) in [5, 5.41) is 11.6. The molecular weight excluding hydrogens is 238 g/mol. The van der Waals surface area contributed by atoms with E-state index in [4.69, 9.17) is 5.11 Å². The number of rotatable bonds is 8. The summed E-state index contributed by atoms with van der Waals surface area (Å²) in [4.78, 5) is 22.1. The van der Waals surface area contributed by atoms with E-state index in [2.05, 4.69) is 12.2 Å². The molecule has 0 aromatic heterocycles. The van der Waals surface area contributed by atoms with Crippen LogP contribution in [0, 0.1) is 5.92 Å². The zero-order valence-corrected chi connectivity index (χ0v) is 11.1. The Morgan fingerprint density at radius 1 is 1.35 bits per heavy atom.